The third-order valence-electron chi connectivity index (χ3n) is 4.72. The summed E-state index contributed by atoms with van der Waals surface area (Å²) in [5.41, 5.74) is 12.8. The monoisotopic (exact) mass is 489 g/mol. The Labute approximate surface area is 184 Å². The zero-order chi connectivity index (χ0) is 19.2. The van der Waals surface area contributed by atoms with Crippen molar-refractivity contribution >= 4 is 35.6 Å². The van der Waals surface area contributed by atoms with Gasteiger partial charge < -0.3 is 11.1 Å². The number of nitrogens with two attached hydrogens (primary N) is 1. The molecule has 3 rings (SSSR count). The summed E-state index contributed by atoms with van der Waals surface area (Å²) in [4.78, 5) is 4.52. The molecular formula is C22H28IN5. The molecule has 2 aromatic carbocycles. The smallest absolute Gasteiger partial charge is 0.193 e. The number of rotatable bonds is 6. The van der Waals surface area contributed by atoms with Crippen LogP contribution in [0.5, 0.6) is 0 Å². The molecule has 0 atom stereocenters. The zero-order valence-electron chi connectivity index (χ0n) is 16.6. The number of hydrogen-bond acceptors (Lipinski definition) is 2. The molecule has 0 fully saturated rings. The summed E-state index contributed by atoms with van der Waals surface area (Å²) in [5, 5.41) is 7.85. The molecule has 148 valence electrons. The van der Waals surface area contributed by atoms with Crippen molar-refractivity contribution in [1.82, 2.24) is 9.78 Å². The summed E-state index contributed by atoms with van der Waals surface area (Å²) >= 11 is 0. The third kappa shape index (κ3) is 5.58. The molecule has 1 heterocycles. The third-order valence-corrected chi connectivity index (χ3v) is 4.72. The average Bonchev–Trinajstić information content (AvgIpc) is 2.94. The van der Waals surface area contributed by atoms with Crippen LogP contribution in [0.4, 0.5) is 5.69 Å². The highest BCUT2D eigenvalue weighted by atomic mass is 127. The number of anilines is 1. The minimum Gasteiger partial charge on any atom is -0.370 e. The van der Waals surface area contributed by atoms with Gasteiger partial charge in [-0.2, -0.15) is 5.10 Å². The first-order chi connectivity index (χ1) is 13.1. The van der Waals surface area contributed by atoms with Crippen LogP contribution in [0.3, 0.4) is 0 Å². The minimum absolute atomic E-state index is 0. The number of aryl methyl sites for hydroxylation is 2. The van der Waals surface area contributed by atoms with Crippen LogP contribution >= 0.6 is 24.0 Å². The fourth-order valence-corrected chi connectivity index (χ4v) is 3.09. The lowest BCUT2D eigenvalue weighted by Crippen LogP contribution is -2.22. The Balaban J connectivity index is 0.00000280. The van der Waals surface area contributed by atoms with Crippen LogP contribution in [0, 0.1) is 13.8 Å². The Bertz CT molecular complexity index is 931. The van der Waals surface area contributed by atoms with Crippen molar-refractivity contribution in [2.75, 3.05) is 5.32 Å². The van der Waals surface area contributed by atoms with Crippen molar-refractivity contribution < 1.29 is 0 Å². The molecule has 0 unspecified atom stereocenters. The molecule has 0 saturated carbocycles. The number of halogens is 1. The van der Waals surface area contributed by atoms with E-state index in [4.69, 9.17) is 5.73 Å². The van der Waals surface area contributed by atoms with Gasteiger partial charge >= 0.3 is 0 Å². The van der Waals surface area contributed by atoms with E-state index in [9.17, 15) is 0 Å². The lowest BCUT2D eigenvalue weighted by molar-refractivity contribution is 0.658. The Hall–Kier alpha value is -2.35. The van der Waals surface area contributed by atoms with Gasteiger partial charge in [0.1, 0.15) is 0 Å². The van der Waals surface area contributed by atoms with Gasteiger partial charge in [0.25, 0.3) is 0 Å². The molecule has 28 heavy (non-hydrogen) atoms. The van der Waals surface area contributed by atoms with E-state index in [2.05, 4.69) is 53.5 Å². The fraction of sp³-hybridized carbons (Fsp3) is 0.273. The second kappa shape index (κ2) is 10.3. The highest BCUT2D eigenvalue weighted by molar-refractivity contribution is 14.0. The van der Waals surface area contributed by atoms with E-state index in [-0.39, 0.29) is 24.0 Å². The SMILES string of the molecule is CCc1cccc(NC(N)=NCc2c(C)nn(Cc3ccccc3)c2C)c1.I. The van der Waals surface area contributed by atoms with Crippen molar-refractivity contribution in [3.05, 3.63) is 82.7 Å². The number of aromatic nitrogens is 2. The second-order valence-electron chi connectivity index (χ2n) is 6.67. The van der Waals surface area contributed by atoms with E-state index in [1.165, 1.54) is 11.1 Å². The summed E-state index contributed by atoms with van der Waals surface area (Å²) in [6.45, 7) is 7.51. The number of guanidine groups is 1. The van der Waals surface area contributed by atoms with E-state index >= 15 is 0 Å². The van der Waals surface area contributed by atoms with Gasteiger partial charge in [-0.15, -0.1) is 24.0 Å². The second-order valence-corrected chi connectivity index (χ2v) is 6.67. The Kier molecular flexibility index (Phi) is 8.04. The van der Waals surface area contributed by atoms with Crippen LogP contribution in [-0.4, -0.2) is 15.7 Å². The maximum absolute atomic E-state index is 6.09. The van der Waals surface area contributed by atoms with Crippen molar-refractivity contribution in [2.24, 2.45) is 10.7 Å². The Morgan fingerprint density at radius 2 is 1.79 bits per heavy atom. The summed E-state index contributed by atoms with van der Waals surface area (Å²) < 4.78 is 2.03. The number of aliphatic imine (C=N–C) groups is 1. The molecule has 0 saturated heterocycles. The van der Waals surface area contributed by atoms with Gasteiger partial charge in [0, 0.05) is 16.9 Å². The van der Waals surface area contributed by atoms with Crippen molar-refractivity contribution in [2.45, 2.75) is 40.3 Å². The predicted molar refractivity (Wildman–Crippen MR) is 127 cm³/mol. The van der Waals surface area contributed by atoms with Gasteiger partial charge in [-0.3, -0.25) is 4.68 Å². The molecule has 0 radical (unpaired) electrons. The van der Waals surface area contributed by atoms with E-state index in [1.54, 1.807) is 0 Å². The van der Waals surface area contributed by atoms with Gasteiger partial charge in [-0.25, -0.2) is 4.99 Å². The number of nitrogens with one attached hydrogen (secondary N) is 1. The largest absolute Gasteiger partial charge is 0.370 e. The standard InChI is InChI=1S/C22H27N5.HI/c1-4-18-11-8-12-20(13-18)25-22(23)24-14-21-16(2)26-27(17(21)3)15-19-9-6-5-7-10-19;/h5-13H,4,14-15H2,1-3H3,(H3,23,24,25);1H. The van der Waals surface area contributed by atoms with Crippen LogP contribution in [0.15, 0.2) is 59.6 Å². The predicted octanol–water partition coefficient (Wildman–Crippen LogP) is 4.66. The molecule has 1 aromatic heterocycles. The quantitative estimate of drug-likeness (QED) is 0.301. The van der Waals surface area contributed by atoms with Gasteiger partial charge in [0.05, 0.1) is 18.8 Å². The van der Waals surface area contributed by atoms with E-state index in [0.29, 0.717) is 12.5 Å². The molecule has 3 N–H and O–H groups in total. The molecule has 3 aromatic rings. The molecule has 0 aliphatic heterocycles. The van der Waals surface area contributed by atoms with Crippen molar-refractivity contribution in [3.63, 3.8) is 0 Å². The van der Waals surface area contributed by atoms with Crippen LogP contribution in [0.2, 0.25) is 0 Å². The van der Waals surface area contributed by atoms with Crippen LogP contribution in [-0.2, 0) is 19.5 Å². The van der Waals surface area contributed by atoms with Crippen LogP contribution in [0.1, 0.15) is 35.0 Å². The normalized spacial score (nSPS) is 11.2. The zero-order valence-corrected chi connectivity index (χ0v) is 19.0. The first-order valence-electron chi connectivity index (χ1n) is 9.29. The molecular weight excluding hydrogens is 461 g/mol. The number of hydrogen-bond donors (Lipinski definition) is 2. The molecule has 0 aliphatic carbocycles. The molecule has 5 nitrogen and oxygen atoms in total. The summed E-state index contributed by atoms with van der Waals surface area (Å²) in [6.07, 6.45) is 0.992. The minimum atomic E-state index is 0. The molecule has 0 spiro atoms. The maximum Gasteiger partial charge on any atom is 0.193 e. The first kappa shape index (κ1) is 21.9. The highest BCUT2D eigenvalue weighted by Gasteiger charge is 2.11. The number of benzene rings is 2. The lowest BCUT2D eigenvalue weighted by Gasteiger charge is -2.08. The van der Waals surface area contributed by atoms with E-state index < -0.39 is 0 Å². The van der Waals surface area contributed by atoms with Gasteiger partial charge in [0.2, 0.25) is 0 Å². The van der Waals surface area contributed by atoms with E-state index in [1.807, 2.05) is 41.9 Å². The topological polar surface area (TPSA) is 68.2 Å². The highest BCUT2D eigenvalue weighted by Crippen LogP contribution is 2.16. The van der Waals surface area contributed by atoms with Gasteiger partial charge in [-0.05, 0) is 43.5 Å². The average molecular weight is 489 g/mol. The first-order valence-corrected chi connectivity index (χ1v) is 9.29. The molecule has 0 amide bonds. The summed E-state index contributed by atoms with van der Waals surface area (Å²) in [5.74, 6) is 0.415. The van der Waals surface area contributed by atoms with Gasteiger partial charge in [0.15, 0.2) is 5.96 Å². The van der Waals surface area contributed by atoms with Crippen LogP contribution in [0.25, 0.3) is 0 Å². The van der Waals surface area contributed by atoms with Gasteiger partial charge in [-0.1, -0.05) is 49.4 Å². The van der Waals surface area contributed by atoms with Crippen LogP contribution < -0.4 is 11.1 Å². The van der Waals surface area contributed by atoms with Crippen molar-refractivity contribution in [1.29, 1.82) is 0 Å². The van der Waals surface area contributed by atoms with Crippen molar-refractivity contribution in [3.8, 4) is 0 Å². The fourth-order valence-electron chi connectivity index (χ4n) is 3.09. The summed E-state index contributed by atoms with van der Waals surface area (Å²) in [7, 11) is 0. The summed E-state index contributed by atoms with van der Waals surface area (Å²) in [6, 6.07) is 18.6. The molecule has 0 aliphatic rings. The number of nitrogens with zero attached hydrogens (tertiary/aromatic N) is 3. The van der Waals surface area contributed by atoms with E-state index in [0.717, 1.165) is 35.6 Å². The maximum atomic E-state index is 6.09. The Morgan fingerprint density at radius 3 is 2.50 bits per heavy atom. The lowest BCUT2D eigenvalue weighted by atomic mass is 10.1. The molecule has 6 heteroatoms. The Morgan fingerprint density at radius 1 is 1.07 bits per heavy atom. The molecule has 0 bridgehead atoms.